The molecule has 0 aliphatic rings. The van der Waals surface area contributed by atoms with Crippen LogP contribution in [0.5, 0.6) is 5.75 Å². The quantitative estimate of drug-likeness (QED) is 0.552. The number of hydrogen-bond acceptors (Lipinski definition) is 3. The highest BCUT2D eigenvalue weighted by molar-refractivity contribution is 9.10. The van der Waals surface area contributed by atoms with Crippen molar-refractivity contribution in [3.63, 3.8) is 0 Å². The Bertz CT molecular complexity index is 970. The molecular formula is C20H17BrO3. The molecule has 1 aromatic heterocycles. The molecule has 0 aliphatic heterocycles. The van der Waals surface area contributed by atoms with E-state index in [0.717, 1.165) is 26.6 Å². The predicted molar refractivity (Wildman–Crippen MR) is 100 cm³/mol. The van der Waals surface area contributed by atoms with Crippen LogP contribution in [0.15, 0.2) is 68.3 Å². The Morgan fingerprint density at radius 1 is 1.17 bits per heavy atom. The lowest BCUT2D eigenvalue weighted by Crippen LogP contribution is -2.10. The molecule has 24 heavy (non-hydrogen) atoms. The van der Waals surface area contributed by atoms with Gasteiger partial charge in [0.15, 0.2) is 0 Å². The summed E-state index contributed by atoms with van der Waals surface area (Å²) < 4.78 is 12.3. The van der Waals surface area contributed by atoms with E-state index in [4.69, 9.17) is 9.15 Å². The molecule has 0 aliphatic carbocycles. The van der Waals surface area contributed by atoms with Crippen LogP contribution in [0.2, 0.25) is 0 Å². The summed E-state index contributed by atoms with van der Waals surface area (Å²) in [7, 11) is 0. The van der Waals surface area contributed by atoms with Gasteiger partial charge in [-0.05, 0) is 31.6 Å². The largest absolute Gasteiger partial charge is 0.481 e. The summed E-state index contributed by atoms with van der Waals surface area (Å²) >= 11 is 3.50. The SMILES string of the molecule is C/C=C(\C)c1c(OCc2ccccc2Br)c(=O)oc2ccccc12. The van der Waals surface area contributed by atoms with Crippen LogP contribution >= 0.6 is 15.9 Å². The minimum absolute atomic E-state index is 0.250. The first-order valence-corrected chi connectivity index (χ1v) is 8.46. The van der Waals surface area contributed by atoms with E-state index in [1.807, 2.05) is 62.4 Å². The summed E-state index contributed by atoms with van der Waals surface area (Å²) in [6, 6.07) is 15.3. The third kappa shape index (κ3) is 3.15. The summed E-state index contributed by atoms with van der Waals surface area (Å²) in [6.45, 7) is 4.19. The molecule has 0 unspecified atom stereocenters. The number of para-hydroxylation sites is 1. The lowest BCUT2D eigenvalue weighted by Gasteiger charge is -2.13. The molecule has 122 valence electrons. The van der Waals surface area contributed by atoms with Gasteiger partial charge in [0, 0.05) is 21.0 Å². The Morgan fingerprint density at radius 3 is 2.62 bits per heavy atom. The van der Waals surface area contributed by atoms with Crippen LogP contribution < -0.4 is 10.4 Å². The zero-order valence-corrected chi connectivity index (χ0v) is 15.1. The van der Waals surface area contributed by atoms with Crippen molar-refractivity contribution in [2.24, 2.45) is 0 Å². The van der Waals surface area contributed by atoms with Gasteiger partial charge in [0.25, 0.3) is 0 Å². The van der Waals surface area contributed by atoms with E-state index in [9.17, 15) is 4.79 Å². The molecule has 0 radical (unpaired) electrons. The second-order valence-electron chi connectivity index (χ2n) is 5.44. The predicted octanol–water partition coefficient (Wildman–Crippen LogP) is 5.56. The summed E-state index contributed by atoms with van der Waals surface area (Å²) in [5.74, 6) is 0.250. The van der Waals surface area contributed by atoms with Gasteiger partial charge in [-0.25, -0.2) is 4.79 Å². The average molecular weight is 385 g/mol. The summed E-state index contributed by atoms with van der Waals surface area (Å²) in [5, 5.41) is 0.870. The van der Waals surface area contributed by atoms with Crippen LogP contribution in [0, 0.1) is 0 Å². The standard InChI is InChI=1S/C20H17BrO3/c1-3-13(2)18-15-9-5-7-11-17(15)24-20(22)19(18)23-12-14-8-4-6-10-16(14)21/h3-11H,12H2,1-2H3/b13-3+. The normalized spacial score (nSPS) is 11.7. The highest BCUT2D eigenvalue weighted by Gasteiger charge is 2.17. The van der Waals surface area contributed by atoms with Crippen LogP contribution in [0.25, 0.3) is 16.5 Å². The van der Waals surface area contributed by atoms with Crippen LogP contribution in [0.1, 0.15) is 25.0 Å². The van der Waals surface area contributed by atoms with E-state index in [1.54, 1.807) is 6.07 Å². The van der Waals surface area contributed by atoms with Crippen LogP contribution in [0.4, 0.5) is 0 Å². The maximum absolute atomic E-state index is 12.4. The first kappa shape index (κ1) is 16.5. The van der Waals surface area contributed by atoms with Gasteiger partial charge in [0.2, 0.25) is 5.75 Å². The fourth-order valence-corrected chi connectivity index (χ4v) is 2.96. The summed E-state index contributed by atoms with van der Waals surface area (Å²) in [5.41, 5.74) is 2.83. The lowest BCUT2D eigenvalue weighted by molar-refractivity contribution is 0.289. The molecule has 3 nitrogen and oxygen atoms in total. The minimum Gasteiger partial charge on any atom is -0.481 e. The highest BCUT2D eigenvalue weighted by atomic mass is 79.9. The number of rotatable bonds is 4. The third-order valence-corrected chi connectivity index (χ3v) is 4.70. The zero-order valence-electron chi connectivity index (χ0n) is 13.5. The number of ether oxygens (including phenoxy) is 1. The minimum atomic E-state index is -0.461. The van der Waals surface area contributed by atoms with Crippen molar-refractivity contribution in [1.82, 2.24) is 0 Å². The van der Waals surface area contributed by atoms with Crippen LogP contribution in [0.3, 0.4) is 0 Å². The monoisotopic (exact) mass is 384 g/mol. The molecule has 0 spiro atoms. The fraction of sp³-hybridized carbons (Fsp3) is 0.150. The van der Waals surface area contributed by atoms with Gasteiger partial charge >= 0.3 is 5.63 Å². The fourth-order valence-electron chi connectivity index (χ4n) is 2.57. The Hall–Kier alpha value is -2.33. The van der Waals surface area contributed by atoms with Gasteiger partial charge in [-0.2, -0.15) is 0 Å². The molecule has 2 aromatic carbocycles. The van der Waals surface area contributed by atoms with Gasteiger partial charge in [-0.15, -0.1) is 0 Å². The van der Waals surface area contributed by atoms with Gasteiger partial charge in [0.05, 0.1) is 0 Å². The van der Waals surface area contributed by atoms with Gasteiger partial charge in [0.1, 0.15) is 12.2 Å². The molecule has 0 amide bonds. The Balaban J connectivity index is 2.11. The second-order valence-corrected chi connectivity index (χ2v) is 6.30. The third-order valence-electron chi connectivity index (χ3n) is 3.93. The Morgan fingerprint density at radius 2 is 1.88 bits per heavy atom. The molecule has 0 atom stereocenters. The number of hydrogen-bond donors (Lipinski definition) is 0. The second kappa shape index (κ2) is 7.05. The highest BCUT2D eigenvalue weighted by Crippen LogP contribution is 2.31. The van der Waals surface area contributed by atoms with E-state index >= 15 is 0 Å². The first-order chi connectivity index (χ1) is 11.6. The van der Waals surface area contributed by atoms with Crippen molar-refractivity contribution < 1.29 is 9.15 Å². The van der Waals surface area contributed by atoms with Gasteiger partial charge < -0.3 is 9.15 Å². The van der Waals surface area contributed by atoms with Crippen molar-refractivity contribution in [3.8, 4) is 5.75 Å². The van der Waals surface area contributed by atoms with Crippen molar-refractivity contribution in [2.75, 3.05) is 0 Å². The maximum Gasteiger partial charge on any atom is 0.379 e. The molecule has 0 fully saturated rings. The molecule has 0 saturated carbocycles. The smallest absolute Gasteiger partial charge is 0.379 e. The van der Waals surface area contributed by atoms with Crippen molar-refractivity contribution in [3.05, 3.63) is 80.6 Å². The molecular weight excluding hydrogens is 368 g/mol. The lowest BCUT2D eigenvalue weighted by atomic mass is 10.0. The summed E-state index contributed by atoms with van der Waals surface area (Å²) in [4.78, 5) is 12.4. The molecule has 1 heterocycles. The van der Waals surface area contributed by atoms with E-state index in [2.05, 4.69) is 15.9 Å². The molecule has 3 rings (SSSR count). The average Bonchev–Trinajstić information content (AvgIpc) is 2.60. The van der Waals surface area contributed by atoms with E-state index in [1.165, 1.54) is 0 Å². The van der Waals surface area contributed by atoms with Crippen LogP contribution in [-0.4, -0.2) is 0 Å². The number of allylic oxidation sites excluding steroid dienone is 2. The first-order valence-electron chi connectivity index (χ1n) is 7.67. The Kier molecular flexibility index (Phi) is 4.86. The molecule has 0 saturated heterocycles. The maximum atomic E-state index is 12.4. The van der Waals surface area contributed by atoms with Crippen molar-refractivity contribution in [2.45, 2.75) is 20.5 Å². The van der Waals surface area contributed by atoms with E-state index in [0.29, 0.717) is 5.58 Å². The molecule has 0 bridgehead atoms. The zero-order chi connectivity index (χ0) is 17.1. The molecule has 3 aromatic rings. The molecule has 4 heteroatoms. The van der Waals surface area contributed by atoms with E-state index in [-0.39, 0.29) is 12.4 Å². The molecule has 0 N–H and O–H groups in total. The Labute approximate surface area is 148 Å². The number of fused-ring (bicyclic) bond motifs is 1. The van der Waals surface area contributed by atoms with E-state index < -0.39 is 5.63 Å². The number of halogens is 1. The van der Waals surface area contributed by atoms with Crippen LogP contribution in [-0.2, 0) is 6.61 Å². The van der Waals surface area contributed by atoms with Gasteiger partial charge in [-0.3, -0.25) is 0 Å². The number of benzene rings is 2. The van der Waals surface area contributed by atoms with Gasteiger partial charge in [-0.1, -0.05) is 58.4 Å². The summed E-state index contributed by atoms with van der Waals surface area (Å²) in [6.07, 6.45) is 1.96. The van der Waals surface area contributed by atoms with Crippen molar-refractivity contribution >= 4 is 32.5 Å². The van der Waals surface area contributed by atoms with Crippen molar-refractivity contribution in [1.29, 1.82) is 0 Å². The topological polar surface area (TPSA) is 39.4 Å².